The van der Waals surface area contributed by atoms with Gasteiger partial charge in [0, 0.05) is 11.1 Å². The lowest BCUT2D eigenvalue weighted by molar-refractivity contribution is -0.118. The second kappa shape index (κ2) is 5.72. The SMILES string of the molecule is CC(C)C1N=C(c2ccccc2F)c2ccccc2NC1=O. The first-order valence-electron chi connectivity index (χ1n) is 7.31. The van der Waals surface area contributed by atoms with Gasteiger partial charge in [0.1, 0.15) is 11.9 Å². The number of hydrogen-bond acceptors (Lipinski definition) is 2. The minimum Gasteiger partial charge on any atom is -0.324 e. The second-order valence-corrected chi connectivity index (χ2v) is 5.68. The summed E-state index contributed by atoms with van der Waals surface area (Å²) in [7, 11) is 0. The number of carbonyl (C=O) groups excluding carboxylic acids is 1. The number of para-hydroxylation sites is 1. The van der Waals surface area contributed by atoms with Crippen LogP contribution in [0.4, 0.5) is 10.1 Å². The Morgan fingerprint density at radius 1 is 1.05 bits per heavy atom. The normalized spacial score (nSPS) is 17.5. The van der Waals surface area contributed by atoms with Crippen LogP contribution in [0.3, 0.4) is 0 Å². The van der Waals surface area contributed by atoms with Crippen molar-refractivity contribution in [2.24, 2.45) is 10.9 Å². The lowest BCUT2D eigenvalue weighted by Crippen LogP contribution is -2.30. The number of fused-ring (bicyclic) bond motifs is 1. The number of halogens is 1. The molecule has 3 nitrogen and oxygen atoms in total. The van der Waals surface area contributed by atoms with E-state index in [1.54, 1.807) is 18.2 Å². The number of benzodiazepines with no additional fused rings is 1. The topological polar surface area (TPSA) is 41.5 Å². The van der Waals surface area contributed by atoms with Crippen molar-refractivity contribution in [2.75, 3.05) is 5.32 Å². The third-order valence-electron chi connectivity index (χ3n) is 3.74. The van der Waals surface area contributed by atoms with Gasteiger partial charge < -0.3 is 5.32 Å². The highest BCUT2D eigenvalue weighted by Gasteiger charge is 2.28. The van der Waals surface area contributed by atoms with E-state index in [0.29, 0.717) is 17.0 Å². The predicted molar refractivity (Wildman–Crippen MR) is 85.7 cm³/mol. The Hall–Kier alpha value is -2.49. The fourth-order valence-corrected chi connectivity index (χ4v) is 2.59. The van der Waals surface area contributed by atoms with E-state index < -0.39 is 6.04 Å². The Balaban J connectivity index is 2.24. The van der Waals surface area contributed by atoms with Crippen molar-refractivity contribution in [1.29, 1.82) is 0 Å². The molecule has 22 heavy (non-hydrogen) atoms. The highest BCUT2D eigenvalue weighted by atomic mass is 19.1. The number of anilines is 1. The average Bonchev–Trinajstić information content (AvgIpc) is 2.64. The summed E-state index contributed by atoms with van der Waals surface area (Å²) < 4.78 is 14.2. The highest BCUT2D eigenvalue weighted by Crippen LogP contribution is 2.26. The molecule has 0 aromatic heterocycles. The molecule has 0 radical (unpaired) electrons. The summed E-state index contributed by atoms with van der Waals surface area (Å²) in [6.45, 7) is 3.87. The van der Waals surface area contributed by atoms with Crippen LogP contribution in [0.25, 0.3) is 0 Å². The molecule has 0 saturated carbocycles. The van der Waals surface area contributed by atoms with Crippen LogP contribution < -0.4 is 5.32 Å². The van der Waals surface area contributed by atoms with E-state index in [0.717, 1.165) is 5.56 Å². The van der Waals surface area contributed by atoms with Gasteiger partial charge in [-0.25, -0.2) is 4.39 Å². The van der Waals surface area contributed by atoms with E-state index in [4.69, 9.17) is 0 Å². The largest absolute Gasteiger partial charge is 0.324 e. The molecule has 4 heteroatoms. The van der Waals surface area contributed by atoms with Gasteiger partial charge in [-0.2, -0.15) is 0 Å². The molecule has 0 aliphatic carbocycles. The van der Waals surface area contributed by atoms with Crippen LogP contribution in [0, 0.1) is 11.7 Å². The van der Waals surface area contributed by atoms with Gasteiger partial charge in [-0.3, -0.25) is 9.79 Å². The first-order chi connectivity index (χ1) is 10.6. The fourth-order valence-electron chi connectivity index (χ4n) is 2.59. The van der Waals surface area contributed by atoms with Crippen molar-refractivity contribution in [1.82, 2.24) is 0 Å². The van der Waals surface area contributed by atoms with Gasteiger partial charge in [0.15, 0.2) is 0 Å². The van der Waals surface area contributed by atoms with E-state index in [2.05, 4.69) is 10.3 Å². The monoisotopic (exact) mass is 296 g/mol. The zero-order chi connectivity index (χ0) is 15.7. The Morgan fingerprint density at radius 2 is 1.68 bits per heavy atom. The molecule has 0 saturated heterocycles. The summed E-state index contributed by atoms with van der Waals surface area (Å²) in [4.78, 5) is 17.0. The first-order valence-corrected chi connectivity index (χ1v) is 7.31. The lowest BCUT2D eigenvalue weighted by atomic mass is 9.99. The number of amides is 1. The van der Waals surface area contributed by atoms with E-state index in [1.807, 2.05) is 38.1 Å². The molecule has 2 aromatic carbocycles. The molecule has 0 spiro atoms. The summed E-state index contributed by atoms with van der Waals surface area (Å²) in [6, 6.07) is 13.3. The number of nitrogens with one attached hydrogen (secondary N) is 1. The smallest absolute Gasteiger partial charge is 0.249 e. The van der Waals surface area contributed by atoms with E-state index >= 15 is 0 Å². The molecule has 1 atom stereocenters. The van der Waals surface area contributed by atoms with Crippen LogP contribution in [-0.4, -0.2) is 17.7 Å². The van der Waals surface area contributed by atoms with Crippen molar-refractivity contribution in [3.05, 3.63) is 65.5 Å². The summed E-state index contributed by atoms with van der Waals surface area (Å²) in [5.41, 5.74) is 2.34. The summed E-state index contributed by atoms with van der Waals surface area (Å²) in [6.07, 6.45) is 0. The summed E-state index contributed by atoms with van der Waals surface area (Å²) in [5.74, 6) is -0.474. The van der Waals surface area contributed by atoms with Crippen molar-refractivity contribution >= 4 is 17.3 Å². The number of nitrogens with zero attached hydrogens (tertiary/aromatic N) is 1. The lowest BCUT2D eigenvalue weighted by Gasteiger charge is -2.14. The molecular formula is C18H17FN2O. The molecule has 1 amide bonds. The van der Waals surface area contributed by atoms with Crippen molar-refractivity contribution in [3.8, 4) is 0 Å². The van der Waals surface area contributed by atoms with Gasteiger partial charge in [-0.05, 0) is 24.1 Å². The molecule has 112 valence electrons. The molecule has 1 aliphatic rings. The fraction of sp³-hybridized carbons (Fsp3) is 0.222. The molecule has 3 rings (SSSR count). The third kappa shape index (κ3) is 2.52. The van der Waals surface area contributed by atoms with Crippen LogP contribution in [0.1, 0.15) is 25.0 Å². The van der Waals surface area contributed by atoms with Crippen LogP contribution in [0.15, 0.2) is 53.5 Å². The highest BCUT2D eigenvalue weighted by molar-refractivity contribution is 6.19. The maximum atomic E-state index is 14.2. The third-order valence-corrected chi connectivity index (χ3v) is 3.74. The van der Waals surface area contributed by atoms with Crippen molar-refractivity contribution < 1.29 is 9.18 Å². The molecule has 0 fully saturated rings. The van der Waals surface area contributed by atoms with Gasteiger partial charge in [0.2, 0.25) is 5.91 Å². The van der Waals surface area contributed by atoms with Gasteiger partial charge in [0.05, 0.1) is 11.4 Å². The quantitative estimate of drug-likeness (QED) is 0.903. The molecule has 1 heterocycles. The zero-order valence-electron chi connectivity index (χ0n) is 12.5. The van der Waals surface area contributed by atoms with Crippen molar-refractivity contribution in [2.45, 2.75) is 19.9 Å². The number of hydrogen-bond donors (Lipinski definition) is 1. The van der Waals surface area contributed by atoms with Crippen LogP contribution >= 0.6 is 0 Å². The predicted octanol–water partition coefficient (Wildman–Crippen LogP) is 3.64. The number of rotatable bonds is 2. The molecule has 1 aliphatic heterocycles. The van der Waals surface area contributed by atoms with Gasteiger partial charge in [-0.1, -0.05) is 44.2 Å². The van der Waals surface area contributed by atoms with Gasteiger partial charge in [-0.15, -0.1) is 0 Å². The summed E-state index contributed by atoms with van der Waals surface area (Å²) >= 11 is 0. The minimum atomic E-state index is -0.540. The van der Waals surface area contributed by atoms with E-state index in [1.165, 1.54) is 6.07 Å². The van der Waals surface area contributed by atoms with Gasteiger partial charge >= 0.3 is 0 Å². The molecule has 1 N–H and O–H groups in total. The van der Waals surface area contributed by atoms with E-state index in [9.17, 15) is 9.18 Å². The maximum Gasteiger partial charge on any atom is 0.249 e. The number of carbonyl (C=O) groups is 1. The van der Waals surface area contributed by atoms with Crippen LogP contribution in [0.2, 0.25) is 0 Å². The molecule has 2 aromatic rings. The van der Waals surface area contributed by atoms with Crippen molar-refractivity contribution in [3.63, 3.8) is 0 Å². The Bertz CT molecular complexity index is 752. The Kier molecular flexibility index (Phi) is 3.75. The maximum absolute atomic E-state index is 14.2. The van der Waals surface area contributed by atoms with E-state index in [-0.39, 0.29) is 17.6 Å². The molecule has 0 bridgehead atoms. The Morgan fingerprint density at radius 3 is 2.36 bits per heavy atom. The summed E-state index contributed by atoms with van der Waals surface area (Å²) in [5, 5.41) is 2.90. The Labute approximate surface area is 128 Å². The molecule has 1 unspecified atom stereocenters. The number of aliphatic imine (C=N–C) groups is 1. The van der Waals surface area contributed by atoms with Crippen LogP contribution in [-0.2, 0) is 4.79 Å². The first kappa shape index (κ1) is 14.4. The van der Waals surface area contributed by atoms with Crippen LogP contribution in [0.5, 0.6) is 0 Å². The molecular weight excluding hydrogens is 279 g/mol. The minimum absolute atomic E-state index is 0.0242. The van der Waals surface area contributed by atoms with Gasteiger partial charge in [0.25, 0.3) is 0 Å². The standard InChI is InChI=1S/C18H17FN2O/c1-11(2)16-18(22)20-15-10-6-4-8-13(15)17(21-16)12-7-3-5-9-14(12)19/h3-11,16H,1-2H3,(H,20,22). The average molecular weight is 296 g/mol. The number of benzene rings is 2. The zero-order valence-corrected chi connectivity index (χ0v) is 12.5. The second-order valence-electron chi connectivity index (χ2n) is 5.68.